The molecule has 5 rings (SSSR count). The second kappa shape index (κ2) is 10.1. The van der Waals surface area contributed by atoms with Gasteiger partial charge in [0.1, 0.15) is 17.3 Å². The lowest BCUT2D eigenvalue weighted by Gasteiger charge is -2.43. The third kappa shape index (κ3) is 5.78. The van der Waals surface area contributed by atoms with Crippen LogP contribution >= 0.6 is 23.2 Å². The number of ether oxygens (including phenoxy) is 2. The van der Waals surface area contributed by atoms with Crippen LogP contribution < -0.4 is 10.1 Å². The second-order valence-electron chi connectivity index (χ2n) is 12.1. The quantitative estimate of drug-likeness (QED) is 0.406. The number of ketones is 2. The van der Waals surface area contributed by atoms with Crippen molar-refractivity contribution < 1.29 is 23.9 Å². The van der Waals surface area contributed by atoms with E-state index in [9.17, 15) is 14.4 Å². The Morgan fingerprint density at radius 1 is 0.872 bits per heavy atom. The van der Waals surface area contributed by atoms with Crippen LogP contribution in [0.3, 0.4) is 0 Å². The molecule has 0 unspecified atom stereocenters. The monoisotopic (exact) mass is 567 g/mol. The maximum atomic E-state index is 13.6. The van der Waals surface area contributed by atoms with Crippen LogP contribution in [0.15, 0.2) is 65.1 Å². The SMILES string of the molecule is CC1(C)CC(=O)C2=C(C1)OC1=C(C(=O)CC(C)(C)C1)C2c1cc(Cl)ccc1OCC(=O)Nc1ccc(Cl)cc1. The Morgan fingerprint density at radius 3 is 1.97 bits per heavy atom. The first-order valence-corrected chi connectivity index (χ1v) is 13.8. The van der Waals surface area contributed by atoms with Gasteiger partial charge in [-0.15, -0.1) is 0 Å². The molecule has 0 spiro atoms. The number of rotatable bonds is 5. The molecule has 0 saturated heterocycles. The molecule has 8 heteroatoms. The summed E-state index contributed by atoms with van der Waals surface area (Å²) in [7, 11) is 0. The van der Waals surface area contributed by atoms with Gasteiger partial charge in [-0.3, -0.25) is 14.4 Å². The lowest BCUT2D eigenvalue weighted by molar-refractivity contribution is -0.121. The van der Waals surface area contributed by atoms with Crippen LogP contribution in [-0.2, 0) is 19.1 Å². The molecule has 2 aromatic rings. The molecule has 0 fully saturated rings. The predicted octanol–water partition coefficient (Wildman–Crippen LogP) is 7.41. The van der Waals surface area contributed by atoms with E-state index >= 15 is 0 Å². The van der Waals surface area contributed by atoms with E-state index in [0.717, 1.165) is 0 Å². The summed E-state index contributed by atoms with van der Waals surface area (Å²) in [5, 5.41) is 3.78. The van der Waals surface area contributed by atoms with Crippen molar-refractivity contribution in [2.45, 2.75) is 59.3 Å². The van der Waals surface area contributed by atoms with Gasteiger partial charge in [-0.05, 0) is 53.3 Å². The van der Waals surface area contributed by atoms with Crippen molar-refractivity contribution in [3.05, 3.63) is 80.7 Å². The maximum absolute atomic E-state index is 13.6. The lowest BCUT2D eigenvalue weighted by Crippen LogP contribution is -2.37. The van der Waals surface area contributed by atoms with Gasteiger partial charge in [0.05, 0.1) is 5.92 Å². The molecule has 1 heterocycles. The average Bonchev–Trinajstić information content (AvgIpc) is 2.82. The first kappa shape index (κ1) is 27.5. The van der Waals surface area contributed by atoms with Crippen molar-refractivity contribution >= 4 is 46.4 Å². The van der Waals surface area contributed by atoms with Crippen molar-refractivity contribution in [1.82, 2.24) is 0 Å². The van der Waals surface area contributed by atoms with Gasteiger partial charge in [0.25, 0.3) is 5.91 Å². The molecule has 2 aromatic carbocycles. The molecule has 1 N–H and O–H groups in total. The summed E-state index contributed by atoms with van der Waals surface area (Å²) in [6.45, 7) is 7.89. The number of allylic oxidation sites excluding steroid dienone is 4. The number of Topliss-reactive ketones (excluding diaryl/α,β-unsaturated/α-hetero) is 2. The van der Waals surface area contributed by atoms with Gasteiger partial charge < -0.3 is 14.8 Å². The van der Waals surface area contributed by atoms with Crippen molar-refractivity contribution in [1.29, 1.82) is 0 Å². The summed E-state index contributed by atoms with van der Waals surface area (Å²) in [5.41, 5.74) is 1.61. The first-order chi connectivity index (χ1) is 18.3. The minimum atomic E-state index is -0.677. The Kier molecular flexibility index (Phi) is 7.15. The van der Waals surface area contributed by atoms with E-state index < -0.39 is 5.92 Å². The Hall–Kier alpha value is -3.09. The number of hydrogen-bond donors (Lipinski definition) is 1. The smallest absolute Gasteiger partial charge is 0.262 e. The standard InChI is InChI=1S/C31H31Cl2NO5/c1-30(2)12-21(35)28-24(14-30)39-25-15-31(3,4)13-22(36)29(25)27(28)20-11-18(33)7-10-23(20)38-16-26(37)34-19-8-5-17(32)6-9-19/h5-11,27H,12-16H2,1-4H3,(H,34,37). The number of nitrogens with one attached hydrogen (secondary N) is 1. The first-order valence-electron chi connectivity index (χ1n) is 13.0. The van der Waals surface area contributed by atoms with Crippen LogP contribution in [0.2, 0.25) is 10.0 Å². The zero-order chi connectivity index (χ0) is 28.1. The maximum Gasteiger partial charge on any atom is 0.262 e. The van der Waals surface area contributed by atoms with Gasteiger partial charge in [-0.1, -0.05) is 50.9 Å². The highest BCUT2D eigenvalue weighted by Crippen LogP contribution is 2.54. The van der Waals surface area contributed by atoms with Crippen LogP contribution in [-0.4, -0.2) is 24.1 Å². The molecule has 6 nitrogen and oxygen atoms in total. The highest BCUT2D eigenvalue weighted by Gasteiger charge is 2.48. The summed E-state index contributed by atoms with van der Waals surface area (Å²) in [4.78, 5) is 39.9. The lowest BCUT2D eigenvalue weighted by atomic mass is 9.65. The molecule has 2 aliphatic carbocycles. The van der Waals surface area contributed by atoms with E-state index in [4.69, 9.17) is 32.7 Å². The number of carbonyl (C=O) groups is 3. The largest absolute Gasteiger partial charge is 0.483 e. The molecule has 0 atom stereocenters. The molecule has 0 aromatic heterocycles. The van der Waals surface area contributed by atoms with Gasteiger partial charge in [-0.25, -0.2) is 0 Å². The van der Waals surface area contributed by atoms with E-state index in [-0.39, 0.29) is 34.9 Å². The molecule has 39 heavy (non-hydrogen) atoms. The van der Waals surface area contributed by atoms with Gasteiger partial charge in [-0.2, -0.15) is 0 Å². The Morgan fingerprint density at radius 2 is 1.41 bits per heavy atom. The van der Waals surface area contributed by atoms with Gasteiger partial charge in [0.2, 0.25) is 0 Å². The Bertz CT molecular complexity index is 1380. The van der Waals surface area contributed by atoms with Crippen LogP contribution in [0, 0.1) is 10.8 Å². The molecule has 0 bridgehead atoms. The summed E-state index contributed by atoms with van der Waals surface area (Å²) in [6, 6.07) is 11.8. The zero-order valence-electron chi connectivity index (χ0n) is 22.5. The Balaban J connectivity index is 1.53. The second-order valence-corrected chi connectivity index (χ2v) is 13.0. The molecule has 1 amide bonds. The average molecular weight is 568 g/mol. The molecule has 1 aliphatic heterocycles. The fourth-order valence-electron chi connectivity index (χ4n) is 5.74. The predicted molar refractivity (Wildman–Crippen MR) is 151 cm³/mol. The van der Waals surface area contributed by atoms with E-state index in [1.54, 1.807) is 42.5 Å². The Labute approximate surface area is 238 Å². The van der Waals surface area contributed by atoms with Crippen LogP contribution in [0.1, 0.15) is 64.9 Å². The fraction of sp³-hybridized carbons (Fsp3) is 0.387. The summed E-state index contributed by atoms with van der Waals surface area (Å²) < 4.78 is 12.4. The third-order valence-corrected chi connectivity index (χ3v) is 7.84. The number of anilines is 1. The van der Waals surface area contributed by atoms with Crippen molar-refractivity contribution in [3.8, 4) is 5.75 Å². The molecule has 0 radical (unpaired) electrons. The molecule has 0 saturated carbocycles. The van der Waals surface area contributed by atoms with Gasteiger partial charge in [0, 0.05) is 58.1 Å². The van der Waals surface area contributed by atoms with Crippen molar-refractivity contribution in [3.63, 3.8) is 0 Å². The fourth-order valence-corrected chi connectivity index (χ4v) is 6.04. The number of hydrogen-bond acceptors (Lipinski definition) is 5. The van der Waals surface area contributed by atoms with Gasteiger partial charge in [0.15, 0.2) is 18.2 Å². The number of benzene rings is 2. The minimum absolute atomic E-state index is 0.0539. The normalized spacial score (nSPS) is 20.3. The molecular formula is C31H31Cl2NO5. The molecule has 3 aliphatic rings. The van der Waals surface area contributed by atoms with E-state index in [1.807, 2.05) is 27.7 Å². The number of amides is 1. The van der Waals surface area contributed by atoms with Gasteiger partial charge >= 0.3 is 0 Å². The van der Waals surface area contributed by atoms with E-state index in [0.29, 0.717) is 75.4 Å². The molecular weight excluding hydrogens is 537 g/mol. The third-order valence-electron chi connectivity index (χ3n) is 7.35. The van der Waals surface area contributed by atoms with Crippen molar-refractivity contribution in [2.75, 3.05) is 11.9 Å². The van der Waals surface area contributed by atoms with Crippen molar-refractivity contribution in [2.24, 2.45) is 10.8 Å². The molecule has 204 valence electrons. The number of carbonyl (C=O) groups excluding carboxylic acids is 3. The number of halogens is 2. The van der Waals surface area contributed by atoms with Crippen LogP contribution in [0.5, 0.6) is 5.75 Å². The summed E-state index contributed by atoms with van der Waals surface area (Å²) in [6.07, 6.45) is 1.84. The van der Waals surface area contributed by atoms with Crippen LogP contribution in [0.25, 0.3) is 0 Å². The zero-order valence-corrected chi connectivity index (χ0v) is 24.0. The minimum Gasteiger partial charge on any atom is -0.483 e. The highest BCUT2D eigenvalue weighted by molar-refractivity contribution is 6.31. The topological polar surface area (TPSA) is 81.7 Å². The summed E-state index contributed by atoms with van der Waals surface area (Å²) in [5.74, 6) is 0.448. The van der Waals surface area contributed by atoms with E-state index in [1.165, 1.54) is 0 Å². The van der Waals surface area contributed by atoms with Crippen LogP contribution in [0.4, 0.5) is 5.69 Å². The van der Waals surface area contributed by atoms with E-state index in [2.05, 4.69) is 5.32 Å². The summed E-state index contributed by atoms with van der Waals surface area (Å²) >= 11 is 12.4. The highest BCUT2D eigenvalue weighted by atomic mass is 35.5.